The topological polar surface area (TPSA) is 47.9 Å². The Morgan fingerprint density at radius 3 is 2.39 bits per heavy atom. The minimum absolute atomic E-state index is 0.271. The zero-order valence-corrected chi connectivity index (χ0v) is 18.1. The van der Waals surface area contributed by atoms with Crippen LogP contribution in [0.1, 0.15) is 42.0 Å². The summed E-state index contributed by atoms with van der Waals surface area (Å²) in [5, 5.41) is 0.677. The molecule has 4 nitrogen and oxygen atoms in total. The van der Waals surface area contributed by atoms with Gasteiger partial charge in [-0.3, -0.25) is 0 Å². The van der Waals surface area contributed by atoms with Crippen LogP contribution in [-0.2, 0) is 16.1 Å². The Morgan fingerprint density at radius 1 is 1.00 bits per heavy atom. The number of hydrogen-bond donors (Lipinski definition) is 0. The standard InChI is InChI=1S/C26H22ClNO3/c1-17(2)19-9-11-20(12-10-19)25-28-24(26(29)31-25)15-18-7-13-22(14-8-18)30-16-21-5-3-4-6-23(21)27/h3-15,17H,16H2,1-2H3/b24-15-. The van der Waals surface area contributed by atoms with E-state index in [9.17, 15) is 4.79 Å². The Labute approximate surface area is 186 Å². The number of nitrogens with zero attached hydrogens (tertiary/aromatic N) is 1. The second kappa shape index (κ2) is 9.19. The molecule has 0 aromatic heterocycles. The fourth-order valence-corrected chi connectivity index (χ4v) is 3.33. The van der Waals surface area contributed by atoms with Gasteiger partial charge in [0.05, 0.1) is 0 Å². The normalized spacial score (nSPS) is 14.6. The van der Waals surface area contributed by atoms with Gasteiger partial charge in [0.15, 0.2) is 5.70 Å². The maximum absolute atomic E-state index is 12.3. The number of halogens is 1. The molecule has 0 fully saturated rings. The van der Waals surface area contributed by atoms with Crippen molar-refractivity contribution in [3.63, 3.8) is 0 Å². The molecule has 1 aliphatic rings. The summed E-state index contributed by atoms with van der Waals surface area (Å²) in [5.74, 6) is 1.02. The molecule has 31 heavy (non-hydrogen) atoms. The highest BCUT2D eigenvalue weighted by atomic mass is 35.5. The number of benzene rings is 3. The largest absolute Gasteiger partial charge is 0.489 e. The summed E-state index contributed by atoms with van der Waals surface area (Å²) in [5.41, 5.74) is 4.03. The average Bonchev–Trinajstić information content (AvgIpc) is 3.14. The monoisotopic (exact) mass is 431 g/mol. The van der Waals surface area contributed by atoms with Crippen molar-refractivity contribution in [2.75, 3.05) is 0 Å². The van der Waals surface area contributed by atoms with Crippen LogP contribution in [-0.4, -0.2) is 11.9 Å². The number of carbonyl (C=O) groups excluding carboxylic acids is 1. The van der Waals surface area contributed by atoms with E-state index in [0.717, 1.165) is 16.7 Å². The zero-order chi connectivity index (χ0) is 21.8. The van der Waals surface area contributed by atoms with E-state index in [1.54, 1.807) is 6.08 Å². The molecule has 0 amide bonds. The van der Waals surface area contributed by atoms with Gasteiger partial charge in [-0.25, -0.2) is 9.79 Å². The van der Waals surface area contributed by atoms with Gasteiger partial charge in [0.2, 0.25) is 5.90 Å². The van der Waals surface area contributed by atoms with Crippen molar-refractivity contribution < 1.29 is 14.3 Å². The lowest BCUT2D eigenvalue weighted by Crippen LogP contribution is -2.05. The Hall–Kier alpha value is -3.37. The predicted octanol–water partition coefficient (Wildman–Crippen LogP) is 6.39. The maximum Gasteiger partial charge on any atom is 0.363 e. The molecule has 0 aliphatic carbocycles. The van der Waals surface area contributed by atoms with Crippen LogP contribution in [0.5, 0.6) is 5.75 Å². The van der Waals surface area contributed by atoms with Crippen LogP contribution in [0, 0.1) is 0 Å². The third-order valence-electron chi connectivity index (χ3n) is 4.98. The first-order valence-electron chi connectivity index (χ1n) is 10.1. The van der Waals surface area contributed by atoms with Crippen LogP contribution in [0.25, 0.3) is 6.08 Å². The summed E-state index contributed by atoms with van der Waals surface area (Å²) in [6.07, 6.45) is 1.70. The van der Waals surface area contributed by atoms with Gasteiger partial charge in [-0.1, -0.05) is 67.9 Å². The molecule has 1 heterocycles. The molecule has 0 spiro atoms. The van der Waals surface area contributed by atoms with Gasteiger partial charge in [0, 0.05) is 16.1 Å². The number of ether oxygens (including phenoxy) is 2. The lowest BCUT2D eigenvalue weighted by atomic mass is 10.0. The van der Waals surface area contributed by atoms with Crippen molar-refractivity contribution in [3.05, 3.63) is 106 Å². The lowest BCUT2D eigenvalue weighted by molar-refractivity contribution is -0.129. The summed E-state index contributed by atoms with van der Waals surface area (Å²) in [6.45, 7) is 4.65. The molecule has 3 aromatic carbocycles. The molecule has 0 bridgehead atoms. The number of carbonyl (C=O) groups is 1. The van der Waals surface area contributed by atoms with E-state index >= 15 is 0 Å². The van der Waals surface area contributed by atoms with Crippen LogP contribution in [0.15, 0.2) is 83.5 Å². The Bertz CT molecular complexity index is 1150. The first kappa shape index (κ1) is 20.9. The molecule has 156 valence electrons. The van der Waals surface area contributed by atoms with E-state index in [2.05, 4.69) is 18.8 Å². The number of hydrogen-bond acceptors (Lipinski definition) is 4. The van der Waals surface area contributed by atoms with E-state index in [0.29, 0.717) is 29.2 Å². The SMILES string of the molecule is CC(C)c1ccc(C2=N/C(=C\c3ccc(OCc4ccccc4Cl)cc3)C(=O)O2)cc1. The Morgan fingerprint density at radius 2 is 1.71 bits per heavy atom. The molecule has 0 saturated carbocycles. The molecular weight excluding hydrogens is 410 g/mol. The minimum atomic E-state index is -0.456. The highest BCUT2D eigenvalue weighted by molar-refractivity contribution is 6.31. The van der Waals surface area contributed by atoms with Gasteiger partial charge in [-0.05, 0) is 53.5 Å². The zero-order valence-electron chi connectivity index (χ0n) is 17.3. The molecule has 3 aromatic rings. The number of cyclic esters (lactones) is 1. The fourth-order valence-electron chi connectivity index (χ4n) is 3.14. The van der Waals surface area contributed by atoms with Gasteiger partial charge >= 0.3 is 5.97 Å². The molecule has 0 unspecified atom stereocenters. The van der Waals surface area contributed by atoms with Gasteiger partial charge in [0.25, 0.3) is 0 Å². The van der Waals surface area contributed by atoms with Gasteiger partial charge in [-0.15, -0.1) is 0 Å². The maximum atomic E-state index is 12.3. The van der Waals surface area contributed by atoms with Gasteiger partial charge in [0.1, 0.15) is 12.4 Å². The van der Waals surface area contributed by atoms with Gasteiger partial charge < -0.3 is 9.47 Å². The highest BCUT2D eigenvalue weighted by Crippen LogP contribution is 2.23. The predicted molar refractivity (Wildman–Crippen MR) is 123 cm³/mol. The van der Waals surface area contributed by atoms with Crippen molar-refractivity contribution in [2.24, 2.45) is 4.99 Å². The van der Waals surface area contributed by atoms with Crippen molar-refractivity contribution in [2.45, 2.75) is 26.4 Å². The fraction of sp³-hybridized carbons (Fsp3) is 0.154. The van der Waals surface area contributed by atoms with Crippen LogP contribution in [0.4, 0.5) is 0 Å². The van der Waals surface area contributed by atoms with E-state index < -0.39 is 5.97 Å². The van der Waals surface area contributed by atoms with Gasteiger partial charge in [-0.2, -0.15) is 0 Å². The van der Waals surface area contributed by atoms with Crippen LogP contribution < -0.4 is 4.74 Å². The summed E-state index contributed by atoms with van der Waals surface area (Å²) in [7, 11) is 0. The first-order chi connectivity index (χ1) is 15.0. The summed E-state index contributed by atoms with van der Waals surface area (Å²) in [6, 6.07) is 22.9. The van der Waals surface area contributed by atoms with Crippen LogP contribution >= 0.6 is 11.6 Å². The van der Waals surface area contributed by atoms with Crippen molar-refractivity contribution in [1.82, 2.24) is 0 Å². The number of aliphatic imine (C=N–C) groups is 1. The average molecular weight is 432 g/mol. The molecule has 0 saturated heterocycles. The molecule has 0 radical (unpaired) electrons. The van der Waals surface area contributed by atoms with E-state index in [1.807, 2.05) is 72.8 Å². The van der Waals surface area contributed by atoms with Crippen molar-refractivity contribution in [1.29, 1.82) is 0 Å². The molecular formula is C26H22ClNO3. The third-order valence-corrected chi connectivity index (χ3v) is 5.35. The van der Waals surface area contributed by atoms with Crippen molar-refractivity contribution >= 4 is 29.5 Å². The summed E-state index contributed by atoms with van der Waals surface area (Å²) in [4.78, 5) is 16.6. The molecule has 1 aliphatic heterocycles. The molecule has 5 heteroatoms. The van der Waals surface area contributed by atoms with E-state index in [4.69, 9.17) is 21.1 Å². The number of rotatable bonds is 6. The quantitative estimate of drug-likeness (QED) is 0.335. The highest BCUT2D eigenvalue weighted by Gasteiger charge is 2.24. The second-order valence-electron chi connectivity index (χ2n) is 7.56. The van der Waals surface area contributed by atoms with Crippen LogP contribution in [0.2, 0.25) is 5.02 Å². The van der Waals surface area contributed by atoms with E-state index in [1.165, 1.54) is 5.56 Å². The molecule has 0 atom stereocenters. The second-order valence-corrected chi connectivity index (χ2v) is 7.97. The smallest absolute Gasteiger partial charge is 0.363 e. The minimum Gasteiger partial charge on any atom is -0.489 e. The Kier molecular flexibility index (Phi) is 6.19. The first-order valence-corrected chi connectivity index (χ1v) is 10.5. The summed E-state index contributed by atoms with van der Waals surface area (Å²) >= 11 is 6.16. The van der Waals surface area contributed by atoms with Crippen molar-refractivity contribution in [3.8, 4) is 5.75 Å². The number of esters is 1. The third kappa shape index (κ3) is 5.04. The summed E-state index contributed by atoms with van der Waals surface area (Å²) < 4.78 is 11.2. The Balaban J connectivity index is 1.45. The van der Waals surface area contributed by atoms with Crippen LogP contribution in [0.3, 0.4) is 0 Å². The molecule has 4 rings (SSSR count). The lowest BCUT2D eigenvalue weighted by Gasteiger charge is -2.07. The van der Waals surface area contributed by atoms with E-state index in [-0.39, 0.29) is 5.70 Å². The molecule has 0 N–H and O–H groups in total.